The first kappa shape index (κ1) is 20.0. The molecule has 0 saturated heterocycles. The van der Waals surface area contributed by atoms with E-state index in [1.54, 1.807) is 17.6 Å². The van der Waals surface area contributed by atoms with Gasteiger partial charge in [0.1, 0.15) is 6.61 Å². The Bertz CT molecular complexity index is 1460. The number of nitrogens with zero attached hydrogens (tertiary/aromatic N) is 2. The third kappa shape index (κ3) is 2.63. The van der Waals surface area contributed by atoms with Crippen LogP contribution in [-0.4, -0.2) is 34.0 Å². The first-order valence-electron chi connectivity index (χ1n) is 10.8. The van der Waals surface area contributed by atoms with E-state index in [0.717, 1.165) is 16.5 Å². The normalized spacial score (nSPS) is 20.2. The summed E-state index contributed by atoms with van der Waals surface area (Å²) in [5.41, 5.74) is 7.74. The Morgan fingerprint density at radius 1 is 1.18 bits per heavy atom. The summed E-state index contributed by atoms with van der Waals surface area (Å²) >= 11 is 0. The average Bonchev–Trinajstić information content (AvgIpc) is 3.42. The van der Waals surface area contributed by atoms with Gasteiger partial charge in [0, 0.05) is 29.1 Å². The number of nitrogens with two attached hydrogens (primary N) is 1. The number of cyclic esters (lactones) is 1. The van der Waals surface area contributed by atoms with Crippen LogP contribution >= 0.6 is 0 Å². The molecule has 0 fully saturated rings. The van der Waals surface area contributed by atoms with Gasteiger partial charge < -0.3 is 29.6 Å². The first-order valence-corrected chi connectivity index (χ1v) is 10.8. The third-order valence-electron chi connectivity index (χ3n) is 6.65. The lowest BCUT2D eigenvalue weighted by Gasteiger charge is -2.31. The van der Waals surface area contributed by atoms with Crippen LogP contribution in [0.25, 0.3) is 28.4 Å². The highest BCUT2D eigenvalue weighted by Crippen LogP contribution is 2.43. The summed E-state index contributed by atoms with van der Waals surface area (Å²) in [5.74, 6) is 0.497. The lowest BCUT2D eigenvalue weighted by atomic mass is 9.86. The lowest BCUT2D eigenvalue weighted by Crippen LogP contribution is -2.44. The Labute approximate surface area is 188 Å². The van der Waals surface area contributed by atoms with Crippen LogP contribution in [-0.2, 0) is 28.3 Å². The van der Waals surface area contributed by atoms with Crippen LogP contribution < -0.4 is 20.8 Å². The van der Waals surface area contributed by atoms with Crippen molar-refractivity contribution in [3.05, 3.63) is 56.9 Å². The second-order valence-corrected chi connectivity index (χ2v) is 8.32. The van der Waals surface area contributed by atoms with Gasteiger partial charge in [0.25, 0.3) is 5.56 Å². The topological polar surface area (TPSA) is 126 Å². The van der Waals surface area contributed by atoms with Gasteiger partial charge in [-0.1, -0.05) is 19.1 Å². The maximum absolute atomic E-state index is 13.4. The van der Waals surface area contributed by atoms with Crippen molar-refractivity contribution < 1.29 is 24.1 Å². The van der Waals surface area contributed by atoms with Gasteiger partial charge in [0.05, 0.1) is 29.0 Å². The van der Waals surface area contributed by atoms with Gasteiger partial charge in [-0.3, -0.25) is 4.79 Å². The van der Waals surface area contributed by atoms with Crippen molar-refractivity contribution in [1.29, 1.82) is 0 Å². The highest BCUT2D eigenvalue weighted by Gasteiger charge is 2.45. The molecule has 3 N–H and O–H groups in total. The molecule has 0 amide bonds. The molecule has 168 valence electrons. The summed E-state index contributed by atoms with van der Waals surface area (Å²) in [7, 11) is 0. The molecule has 3 aliphatic heterocycles. The second-order valence-electron chi connectivity index (χ2n) is 8.32. The van der Waals surface area contributed by atoms with Crippen molar-refractivity contribution in [3.8, 4) is 22.9 Å². The highest BCUT2D eigenvalue weighted by molar-refractivity contribution is 5.95. The van der Waals surface area contributed by atoms with Crippen molar-refractivity contribution in [2.24, 2.45) is 5.73 Å². The Morgan fingerprint density at radius 3 is 2.73 bits per heavy atom. The minimum Gasteiger partial charge on any atom is -0.458 e. The van der Waals surface area contributed by atoms with Gasteiger partial charge in [-0.15, -0.1) is 0 Å². The fourth-order valence-corrected chi connectivity index (χ4v) is 4.88. The van der Waals surface area contributed by atoms with Crippen LogP contribution in [0.1, 0.15) is 35.6 Å². The van der Waals surface area contributed by atoms with Gasteiger partial charge in [-0.2, -0.15) is 0 Å². The smallest absolute Gasteiger partial charge is 0.343 e. The predicted octanol–water partition coefficient (Wildman–Crippen LogP) is 1.78. The molecule has 9 heteroatoms. The van der Waals surface area contributed by atoms with Crippen LogP contribution in [0.5, 0.6) is 11.5 Å². The van der Waals surface area contributed by atoms with E-state index in [9.17, 15) is 14.7 Å². The molecule has 3 aliphatic rings. The number of hydrogen-bond acceptors (Lipinski definition) is 8. The molecular formula is C24H21N3O6. The zero-order chi connectivity index (χ0) is 22.9. The number of aromatic nitrogens is 2. The number of pyridine rings is 2. The maximum Gasteiger partial charge on any atom is 0.343 e. The average molecular weight is 447 g/mol. The van der Waals surface area contributed by atoms with E-state index in [2.05, 4.69) is 0 Å². The number of carbonyl (C=O) groups is 1. The third-order valence-corrected chi connectivity index (χ3v) is 6.65. The van der Waals surface area contributed by atoms with E-state index < -0.39 is 11.6 Å². The van der Waals surface area contributed by atoms with Crippen LogP contribution in [0.2, 0.25) is 0 Å². The number of aliphatic hydroxyl groups is 1. The first-order chi connectivity index (χ1) is 16.0. The molecule has 0 saturated carbocycles. The largest absolute Gasteiger partial charge is 0.458 e. The Morgan fingerprint density at radius 2 is 1.97 bits per heavy atom. The number of ether oxygens (including phenoxy) is 3. The van der Waals surface area contributed by atoms with Crippen molar-refractivity contribution >= 4 is 22.9 Å². The minimum atomic E-state index is -1.86. The summed E-state index contributed by atoms with van der Waals surface area (Å²) in [6.45, 7) is 2.32. The molecule has 9 nitrogen and oxygen atoms in total. The van der Waals surface area contributed by atoms with Crippen LogP contribution in [0, 0.1) is 0 Å². The van der Waals surface area contributed by atoms with Crippen LogP contribution in [0.4, 0.5) is 0 Å². The molecule has 0 spiro atoms. The monoisotopic (exact) mass is 447 g/mol. The van der Waals surface area contributed by atoms with Gasteiger partial charge >= 0.3 is 5.97 Å². The number of rotatable bonds is 3. The predicted molar refractivity (Wildman–Crippen MR) is 119 cm³/mol. The number of carbonyl (C=O) groups excluding carboxylic acids is 1. The summed E-state index contributed by atoms with van der Waals surface area (Å²) in [5, 5.41) is 11.9. The SMILES string of the molecule is CCC1(O)C(=O)OCc2c1cc1n(c2=O)Cc2c-1nc1cc3c(cc1c2C=CCN)OCO3. The summed E-state index contributed by atoms with van der Waals surface area (Å²) < 4.78 is 17.8. The number of hydrogen-bond donors (Lipinski definition) is 2. The highest BCUT2D eigenvalue weighted by atomic mass is 16.7. The molecule has 2 aromatic heterocycles. The van der Waals surface area contributed by atoms with E-state index in [1.165, 1.54) is 0 Å². The molecule has 0 bridgehead atoms. The van der Waals surface area contributed by atoms with Gasteiger partial charge in [-0.05, 0) is 24.1 Å². The van der Waals surface area contributed by atoms with Crippen molar-refractivity contribution in [2.45, 2.75) is 32.1 Å². The minimum absolute atomic E-state index is 0.0910. The van der Waals surface area contributed by atoms with E-state index >= 15 is 0 Å². The van der Waals surface area contributed by atoms with E-state index in [4.69, 9.17) is 24.9 Å². The van der Waals surface area contributed by atoms with Crippen molar-refractivity contribution in [2.75, 3.05) is 13.3 Å². The standard InChI is InChI=1S/C24H21N3O6/c1-2-24(30)16-7-18-21-14(9-27(18)22(28)15(16)10-31-23(24)29)12(4-3-5-25)13-6-19-20(33-11-32-19)8-17(13)26-21/h3-4,6-8,30H,2,5,9-11,25H2,1H3. The molecule has 0 radical (unpaired) electrons. The number of fused-ring (bicyclic) bond motifs is 6. The molecule has 5 heterocycles. The molecule has 1 atom stereocenters. The molecule has 6 rings (SSSR count). The van der Waals surface area contributed by atoms with Gasteiger partial charge in [-0.25, -0.2) is 9.78 Å². The zero-order valence-electron chi connectivity index (χ0n) is 17.9. The number of esters is 1. The second kappa shape index (κ2) is 6.90. The summed E-state index contributed by atoms with van der Waals surface area (Å²) in [6, 6.07) is 5.41. The van der Waals surface area contributed by atoms with Gasteiger partial charge in [0.15, 0.2) is 17.1 Å². The van der Waals surface area contributed by atoms with Crippen LogP contribution in [0.15, 0.2) is 29.1 Å². The summed E-state index contributed by atoms with van der Waals surface area (Å²) in [6.07, 6.45) is 3.86. The molecule has 1 unspecified atom stereocenters. The maximum atomic E-state index is 13.4. The summed E-state index contributed by atoms with van der Waals surface area (Å²) in [4.78, 5) is 30.7. The van der Waals surface area contributed by atoms with E-state index in [-0.39, 0.29) is 30.9 Å². The van der Waals surface area contributed by atoms with Gasteiger partial charge in [0.2, 0.25) is 6.79 Å². The zero-order valence-corrected chi connectivity index (χ0v) is 17.9. The molecule has 33 heavy (non-hydrogen) atoms. The molecule has 3 aromatic rings. The van der Waals surface area contributed by atoms with E-state index in [0.29, 0.717) is 47.1 Å². The molecule has 1 aromatic carbocycles. The fourth-order valence-electron chi connectivity index (χ4n) is 4.88. The van der Waals surface area contributed by atoms with Crippen LogP contribution in [0.3, 0.4) is 0 Å². The lowest BCUT2D eigenvalue weighted by molar-refractivity contribution is -0.172. The molecule has 0 aliphatic carbocycles. The Balaban J connectivity index is 1.66. The Kier molecular flexibility index (Phi) is 4.17. The van der Waals surface area contributed by atoms with E-state index in [1.807, 2.05) is 24.3 Å². The number of benzene rings is 1. The quantitative estimate of drug-likeness (QED) is 0.455. The van der Waals surface area contributed by atoms with Crippen molar-refractivity contribution in [1.82, 2.24) is 9.55 Å². The Hall–Kier alpha value is -3.69. The van der Waals surface area contributed by atoms with Crippen molar-refractivity contribution in [3.63, 3.8) is 0 Å². The fraction of sp³-hybridized carbons (Fsp3) is 0.292. The molecular weight excluding hydrogens is 426 g/mol.